The lowest BCUT2D eigenvalue weighted by molar-refractivity contribution is -0.131. The molecule has 0 heterocycles. The van der Waals surface area contributed by atoms with Gasteiger partial charge in [-0.2, -0.15) is 0 Å². The third kappa shape index (κ3) is 3.26. The van der Waals surface area contributed by atoms with Gasteiger partial charge >= 0.3 is 5.97 Å². The zero-order valence-electron chi connectivity index (χ0n) is 11.5. The summed E-state index contributed by atoms with van der Waals surface area (Å²) in [7, 11) is 1.64. The first kappa shape index (κ1) is 13.9. The third-order valence-corrected chi connectivity index (χ3v) is 3.08. The van der Waals surface area contributed by atoms with Crippen molar-refractivity contribution >= 4 is 11.5 Å². The lowest BCUT2D eigenvalue weighted by Crippen LogP contribution is -1.90. The number of ether oxygens (including phenoxy) is 1. The highest BCUT2D eigenvalue weighted by atomic mass is 16.5. The Balaban J connectivity index is 2.30. The van der Waals surface area contributed by atoms with E-state index in [9.17, 15) is 4.79 Å². The summed E-state index contributed by atoms with van der Waals surface area (Å²) in [6.07, 6.45) is 1.21. The van der Waals surface area contributed by atoms with Crippen LogP contribution in [0.5, 0.6) is 5.75 Å². The highest BCUT2D eigenvalue weighted by Gasteiger charge is 2.02. The van der Waals surface area contributed by atoms with Crippen molar-refractivity contribution in [3.05, 3.63) is 60.2 Å². The van der Waals surface area contributed by atoms with Crippen molar-refractivity contribution in [1.82, 2.24) is 0 Å². The first-order chi connectivity index (χ1) is 9.60. The topological polar surface area (TPSA) is 46.5 Å². The van der Waals surface area contributed by atoms with E-state index in [0.29, 0.717) is 0 Å². The minimum Gasteiger partial charge on any atom is -0.497 e. The van der Waals surface area contributed by atoms with Crippen LogP contribution >= 0.6 is 0 Å². The first-order valence-electron chi connectivity index (χ1n) is 6.26. The second kappa shape index (κ2) is 6.06. The van der Waals surface area contributed by atoms with E-state index in [2.05, 4.69) is 0 Å². The molecule has 0 unspecified atom stereocenters. The molecule has 3 heteroatoms. The molecule has 0 amide bonds. The zero-order valence-corrected chi connectivity index (χ0v) is 11.5. The van der Waals surface area contributed by atoms with Gasteiger partial charge in [-0.1, -0.05) is 36.4 Å². The molecule has 3 nitrogen and oxygen atoms in total. The van der Waals surface area contributed by atoms with Gasteiger partial charge in [0.1, 0.15) is 5.75 Å². The van der Waals surface area contributed by atoms with Gasteiger partial charge in [0, 0.05) is 6.08 Å². The normalized spacial score (nSPS) is 11.2. The molecule has 0 atom stereocenters. The minimum absolute atomic E-state index is 0.731. The maximum Gasteiger partial charge on any atom is 0.328 e. The summed E-state index contributed by atoms with van der Waals surface area (Å²) in [5, 5.41) is 8.75. The first-order valence-corrected chi connectivity index (χ1v) is 6.26. The number of rotatable bonds is 4. The molecule has 2 rings (SSSR count). The van der Waals surface area contributed by atoms with Gasteiger partial charge in [0.25, 0.3) is 0 Å². The van der Waals surface area contributed by atoms with E-state index in [-0.39, 0.29) is 0 Å². The highest BCUT2D eigenvalue weighted by molar-refractivity contribution is 5.89. The van der Waals surface area contributed by atoms with E-state index in [1.54, 1.807) is 14.0 Å². The average molecular weight is 268 g/mol. The molecule has 1 N–H and O–H groups in total. The fourth-order valence-corrected chi connectivity index (χ4v) is 2.00. The molecular weight excluding hydrogens is 252 g/mol. The van der Waals surface area contributed by atoms with Gasteiger partial charge in [-0.25, -0.2) is 4.79 Å². The molecule has 0 aliphatic rings. The molecule has 0 aliphatic carbocycles. The molecule has 0 spiro atoms. The van der Waals surface area contributed by atoms with Gasteiger partial charge in [-0.3, -0.25) is 0 Å². The van der Waals surface area contributed by atoms with Crippen molar-refractivity contribution in [2.24, 2.45) is 0 Å². The Labute approximate surface area is 118 Å². The van der Waals surface area contributed by atoms with Crippen LogP contribution in [-0.4, -0.2) is 18.2 Å². The minimum atomic E-state index is -0.931. The van der Waals surface area contributed by atoms with Gasteiger partial charge in [0.05, 0.1) is 7.11 Å². The molecule has 0 saturated heterocycles. The van der Waals surface area contributed by atoms with E-state index in [1.807, 2.05) is 48.5 Å². The number of benzene rings is 2. The predicted molar refractivity (Wildman–Crippen MR) is 79.7 cm³/mol. The molecule has 0 saturated carbocycles. The van der Waals surface area contributed by atoms with Crippen LogP contribution in [0, 0.1) is 0 Å². The van der Waals surface area contributed by atoms with E-state index >= 15 is 0 Å². The van der Waals surface area contributed by atoms with Crippen LogP contribution in [0.25, 0.3) is 16.7 Å². The number of hydrogen-bond donors (Lipinski definition) is 1. The van der Waals surface area contributed by atoms with E-state index in [1.165, 1.54) is 6.08 Å². The Kier molecular flexibility index (Phi) is 4.20. The standard InChI is InChI=1S/C17H16O3/c1-12(10-17(18)19)13-6-8-14(9-7-13)15-4-3-5-16(11-15)20-2/h3-11H,1-2H3,(H,18,19)/b12-10+. The highest BCUT2D eigenvalue weighted by Crippen LogP contribution is 2.25. The smallest absolute Gasteiger partial charge is 0.328 e. The molecule has 2 aromatic carbocycles. The monoisotopic (exact) mass is 268 g/mol. The number of methoxy groups -OCH3 is 1. The van der Waals surface area contributed by atoms with Crippen molar-refractivity contribution in [3.63, 3.8) is 0 Å². The Bertz CT molecular complexity index is 640. The summed E-state index contributed by atoms with van der Waals surface area (Å²) in [6, 6.07) is 15.6. The van der Waals surface area contributed by atoms with Crippen LogP contribution < -0.4 is 4.74 Å². The van der Waals surface area contributed by atoms with Gasteiger partial charge in [0.15, 0.2) is 0 Å². The molecule has 20 heavy (non-hydrogen) atoms. The summed E-state index contributed by atoms with van der Waals surface area (Å²) >= 11 is 0. The van der Waals surface area contributed by atoms with Crippen LogP contribution in [0.2, 0.25) is 0 Å². The summed E-state index contributed by atoms with van der Waals surface area (Å²) in [4.78, 5) is 10.7. The summed E-state index contributed by atoms with van der Waals surface area (Å²) in [5.74, 6) is -0.118. The molecular formula is C17H16O3. The number of carbonyl (C=O) groups is 1. The van der Waals surface area contributed by atoms with Crippen LogP contribution in [0.15, 0.2) is 54.6 Å². The lowest BCUT2D eigenvalue weighted by atomic mass is 10.0. The molecule has 102 valence electrons. The SMILES string of the molecule is COc1cccc(-c2ccc(/C(C)=C/C(=O)O)cc2)c1. The second-order valence-corrected chi connectivity index (χ2v) is 4.47. The second-order valence-electron chi connectivity index (χ2n) is 4.47. The van der Waals surface area contributed by atoms with E-state index in [4.69, 9.17) is 9.84 Å². The quantitative estimate of drug-likeness (QED) is 0.857. The van der Waals surface area contributed by atoms with Crippen LogP contribution in [0.3, 0.4) is 0 Å². The Hall–Kier alpha value is -2.55. The van der Waals surface area contributed by atoms with Gasteiger partial charge < -0.3 is 9.84 Å². The number of carboxylic acid groups (broad SMARTS) is 1. The summed E-state index contributed by atoms with van der Waals surface area (Å²) in [5.41, 5.74) is 3.76. The largest absolute Gasteiger partial charge is 0.497 e. The van der Waals surface area contributed by atoms with Gasteiger partial charge in [-0.05, 0) is 41.3 Å². The molecule has 2 aromatic rings. The van der Waals surface area contributed by atoms with Crippen molar-refractivity contribution in [2.75, 3.05) is 7.11 Å². The molecule has 0 bridgehead atoms. The number of hydrogen-bond acceptors (Lipinski definition) is 2. The van der Waals surface area contributed by atoms with Crippen molar-refractivity contribution < 1.29 is 14.6 Å². The van der Waals surface area contributed by atoms with E-state index in [0.717, 1.165) is 28.0 Å². The lowest BCUT2D eigenvalue weighted by Gasteiger charge is -2.06. The summed E-state index contributed by atoms with van der Waals surface area (Å²) < 4.78 is 5.21. The van der Waals surface area contributed by atoms with Crippen molar-refractivity contribution in [1.29, 1.82) is 0 Å². The maximum atomic E-state index is 10.7. The number of allylic oxidation sites excluding steroid dienone is 1. The molecule has 0 aliphatic heterocycles. The maximum absolute atomic E-state index is 10.7. The number of carboxylic acids is 1. The van der Waals surface area contributed by atoms with Crippen molar-refractivity contribution in [2.45, 2.75) is 6.92 Å². The Morgan fingerprint density at radius 1 is 1.10 bits per heavy atom. The Morgan fingerprint density at radius 3 is 2.40 bits per heavy atom. The molecule has 0 radical (unpaired) electrons. The molecule has 0 fully saturated rings. The van der Waals surface area contributed by atoms with Crippen LogP contribution in [0.1, 0.15) is 12.5 Å². The summed E-state index contributed by atoms with van der Waals surface area (Å²) in [6.45, 7) is 1.79. The van der Waals surface area contributed by atoms with Crippen molar-refractivity contribution in [3.8, 4) is 16.9 Å². The average Bonchev–Trinajstić information content (AvgIpc) is 2.47. The predicted octanol–water partition coefficient (Wildman–Crippen LogP) is 3.85. The fraction of sp³-hybridized carbons (Fsp3) is 0.118. The van der Waals surface area contributed by atoms with Crippen LogP contribution in [0.4, 0.5) is 0 Å². The third-order valence-electron chi connectivity index (χ3n) is 3.08. The Morgan fingerprint density at radius 2 is 1.80 bits per heavy atom. The number of aliphatic carboxylic acids is 1. The van der Waals surface area contributed by atoms with Gasteiger partial charge in [0.2, 0.25) is 0 Å². The van der Waals surface area contributed by atoms with Gasteiger partial charge in [-0.15, -0.1) is 0 Å². The zero-order chi connectivity index (χ0) is 14.5. The molecule has 0 aromatic heterocycles. The fourth-order valence-electron chi connectivity index (χ4n) is 2.00. The van der Waals surface area contributed by atoms with Crippen LogP contribution in [-0.2, 0) is 4.79 Å². The van der Waals surface area contributed by atoms with E-state index < -0.39 is 5.97 Å².